The van der Waals surface area contributed by atoms with E-state index in [2.05, 4.69) is 24.2 Å². The summed E-state index contributed by atoms with van der Waals surface area (Å²) in [6, 6.07) is 0. The molecule has 0 aliphatic carbocycles. The van der Waals surface area contributed by atoms with E-state index >= 15 is 0 Å². The molecule has 0 bridgehead atoms. The maximum atomic E-state index is 11.8. The van der Waals surface area contributed by atoms with Gasteiger partial charge in [0, 0.05) is 0 Å². The smallest absolute Gasteiger partial charge is 0.373 e. The first kappa shape index (κ1) is 13.8. The van der Waals surface area contributed by atoms with Crippen LogP contribution in [0, 0.1) is 0 Å². The highest BCUT2D eigenvalue weighted by Gasteiger charge is 2.48. The van der Waals surface area contributed by atoms with Gasteiger partial charge in [-0.2, -0.15) is 0 Å². The summed E-state index contributed by atoms with van der Waals surface area (Å²) in [7, 11) is -2.19. The Hall–Kier alpha value is -0.213. The van der Waals surface area contributed by atoms with Gasteiger partial charge < -0.3 is 4.52 Å². The van der Waals surface area contributed by atoms with Crippen LogP contribution in [-0.4, -0.2) is 14.0 Å². The topological polar surface area (TPSA) is 43.4 Å². The molecular formula is C9H19O3PSi. The molecule has 0 radical (unpaired) electrons. The Morgan fingerprint density at radius 1 is 1.29 bits per heavy atom. The summed E-state index contributed by atoms with van der Waals surface area (Å²) in [4.78, 5) is 11.8. The fourth-order valence-corrected chi connectivity index (χ4v) is 5.14. The summed E-state index contributed by atoms with van der Waals surface area (Å²) in [6.45, 7) is 10.4. The fraction of sp³-hybridized carbons (Fsp3) is 0.889. The summed E-state index contributed by atoms with van der Waals surface area (Å²) < 4.78 is 14.9. The quantitative estimate of drug-likeness (QED) is 0.539. The highest BCUT2D eigenvalue weighted by atomic mass is 31.1. The summed E-state index contributed by atoms with van der Waals surface area (Å²) in [5.41, 5.74) is 0. The van der Waals surface area contributed by atoms with E-state index in [9.17, 15) is 9.36 Å². The van der Waals surface area contributed by atoms with Crippen LogP contribution in [0.5, 0.6) is 0 Å². The molecule has 0 fully saturated rings. The van der Waals surface area contributed by atoms with Crippen molar-refractivity contribution < 1.29 is 13.9 Å². The van der Waals surface area contributed by atoms with E-state index in [4.69, 9.17) is 0 Å². The number of rotatable bonds is 5. The van der Waals surface area contributed by atoms with Crippen LogP contribution in [0.3, 0.4) is 0 Å². The molecule has 0 aliphatic heterocycles. The van der Waals surface area contributed by atoms with Gasteiger partial charge in [-0.05, 0) is 12.8 Å². The molecule has 0 aromatic rings. The standard InChI is InChI=1S/C9H19O3PSi/c1-6-9(7-2,14(3,4)5)8(10)12-13-11/h6-7H2,1-5H3. The number of carbonyl (C=O) groups excluding carboxylic acids is 1. The zero-order chi connectivity index (χ0) is 11.4. The van der Waals surface area contributed by atoms with E-state index in [1.807, 2.05) is 13.8 Å². The molecule has 0 spiro atoms. The minimum Gasteiger partial charge on any atom is -0.373 e. The Kier molecular flexibility index (Phi) is 4.96. The SMILES string of the molecule is CCC(CC)(C(=O)OP=O)[Si](C)(C)C. The van der Waals surface area contributed by atoms with Crippen molar-refractivity contribution in [2.45, 2.75) is 51.4 Å². The lowest BCUT2D eigenvalue weighted by atomic mass is 10.0. The highest BCUT2D eigenvalue weighted by Crippen LogP contribution is 2.46. The molecule has 5 heteroatoms. The van der Waals surface area contributed by atoms with E-state index in [-0.39, 0.29) is 5.97 Å². The van der Waals surface area contributed by atoms with Crippen molar-refractivity contribution in [1.29, 1.82) is 0 Å². The van der Waals surface area contributed by atoms with Crippen molar-refractivity contribution in [1.82, 2.24) is 0 Å². The monoisotopic (exact) mass is 234 g/mol. The van der Waals surface area contributed by atoms with Crippen LogP contribution in [0.1, 0.15) is 26.7 Å². The minimum absolute atomic E-state index is 0.307. The van der Waals surface area contributed by atoms with Crippen LogP contribution in [-0.2, 0) is 13.9 Å². The molecule has 0 saturated heterocycles. The lowest BCUT2D eigenvalue weighted by Gasteiger charge is -2.39. The first-order valence-corrected chi connectivity index (χ1v) is 9.13. The minimum atomic E-state index is -1.66. The van der Waals surface area contributed by atoms with Crippen molar-refractivity contribution >= 4 is 22.7 Å². The molecule has 14 heavy (non-hydrogen) atoms. The summed E-state index contributed by atoms with van der Waals surface area (Å²) in [6.07, 6.45) is 1.52. The summed E-state index contributed by atoms with van der Waals surface area (Å²) in [5.74, 6) is -0.307. The molecule has 0 amide bonds. The Morgan fingerprint density at radius 2 is 1.71 bits per heavy atom. The molecule has 0 heterocycles. The first-order valence-electron chi connectivity index (χ1n) is 4.89. The third kappa shape index (κ3) is 2.42. The van der Waals surface area contributed by atoms with E-state index in [1.54, 1.807) is 0 Å². The van der Waals surface area contributed by atoms with Gasteiger partial charge in [0.25, 0.3) is 0 Å². The van der Waals surface area contributed by atoms with Crippen LogP contribution in [0.2, 0.25) is 24.7 Å². The molecule has 0 aliphatic rings. The first-order chi connectivity index (χ1) is 6.35. The van der Waals surface area contributed by atoms with E-state index in [1.165, 1.54) is 0 Å². The largest absolute Gasteiger partial charge is 0.398 e. The van der Waals surface area contributed by atoms with Gasteiger partial charge in [0.05, 0.1) is 13.1 Å². The van der Waals surface area contributed by atoms with Gasteiger partial charge in [0.15, 0.2) is 0 Å². The second-order valence-electron chi connectivity index (χ2n) is 4.49. The third-order valence-electron chi connectivity index (χ3n) is 3.15. The van der Waals surface area contributed by atoms with Crippen LogP contribution < -0.4 is 0 Å². The average Bonchev–Trinajstić information content (AvgIpc) is 2.05. The maximum Gasteiger partial charge on any atom is 0.398 e. The molecule has 0 saturated carbocycles. The molecule has 82 valence electrons. The number of carbonyl (C=O) groups is 1. The average molecular weight is 234 g/mol. The van der Waals surface area contributed by atoms with E-state index in [0.29, 0.717) is 0 Å². The molecule has 0 rings (SSSR count). The second-order valence-corrected chi connectivity index (χ2v) is 10.3. The van der Waals surface area contributed by atoms with Gasteiger partial charge in [0.2, 0.25) is 0 Å². The van der Waals surface area contributed by atoms with Gasteiger partial charge >= 0.3 is 14.7 Å². The van der Waals surface area contributed by atoms with Crippen LogP contribution in [0.4, 0.5) is 0 Å². The number of hydrogen-bond donors (Lipinski definition) is 0. The molecule has 0 atom stereocenters. The van der Waals surface area contributed by atoms with Crippen molar-refractivity contribution in [3.63, 3.8) is 0 Å². The van der Waals surface area contributed by atoms with Gasteiger partial charge in [-0.1, -0.05) is 33.5 Å². The van der Waals surface area contributed by atoms with Gasteiger partial charge in [-0.15, -0.1) is 0 Å². The number of hydrogen-bond acceptors (Lipinski definition) is 3. The second kappa shape index (κ2) is 5.03. The van der Waals surface area contributed by atoms with Gasteiger partial charge in [-0.25, -0.2) is 4.57 Å². The van der Waals surface area contributed by atoms with Crippen LogP contribution >= 0.6 is 8.69 Å². The fourth-order valence-electron chi connectivity index (χ4n) is 2.03. The molecule has 0 N–H and O–H groups in total. The lowest BCUT2D eigenvalue weighted by Crippen LogP contribution is -2.44. The Balaban J connectivity index is 5.07. The van der Waals surface area contributed by atoms with Crippen molar-refractivity contribution in [2.24, 2.45) is 0 Å². The Labute approximate surface area is 88.5 Å². The van der Waals surface area contributed by atoms with Crippen molar-refractivity contribution in [2.75, 3.05) is 0 Å². The summed E-state index contributed by atoms with van der Waals surface area (Å²) >= 11 is 0. The van der Waals surface area contributed by atoms with Crippen LogP contribution in [0.15, 0.2) is 0 Å². The predicted molar refractivity (Wildman–Crippen MR) is 60.3 cm³/mol. The Bertz CT molecular complexity index is 219. The predicted octanol–water partition coefficient (Wildman–Crippen LogP) is 3.63. The van der Waals surface area contributed by atoms with E-state index in [0.717, 1.165) is 12.8 Å². The van der Waals surface area contributed by atoms with Gasteiger partial charge in [0.1, 0.15) is 0 Å². The molecule has 0 aromatic heterocycles. The molecular weight excluding hydrogens is 215 g/mol. The molecule has 0 aromatic carbocycles. The van der Waals surface area contributed by atoms with Crippen LogP contribution in [0.25, 0.3) is 0 Å². The highest BCUT2D eigenvalue weighted by molar-refractivity contribution is 7.18. The molecule has 0 unspecified atom stereocenters. The van der Waals surface area contributed by atoms with Gasteiger partial charge in [-0.3, -0.25) is 4.79 Å². The third-order valence-corrected chi connectivity index (χ3v) is 7.18. The van der Waals surface area contributed by atoms with Crippen molar-refractivity contribution in [3.05, 3.63) is 0 Å². The molecule has 3 nitrogen and oxygen atoms in total. The summed E-state index contributed by atoms with van der Waals surface area (Å²) in [5, 5.41) is -0.398. The van der Waals surface area contributed by atoms with Crippen molar-refractivity contribution in [3.8, 4) is 0 Å². The Morgan fingerprint density at radius 3 is 1.93 bits per heavy atom. The van der Waals surface area contributed by atoms with E-state index < -0.39 is 21.8 Å². The maximum absolute atomic E-state index is 11.8. The zero-order valence-corrected chi connectivity index (χ0v) is 11.5. The lowest BCUT2D eigenvalue weighted by molar-refractivity contribution is -0.137. The normalized spacial score (nSPS) is 12.9. The zero-order valence-electron chi connectivity index (χ0n) is 9.59.